The maximum Gasteiger partial charge on any atom is 0.213 e. The van der Waals surface area contributed by atoms with E-state index in [1.807, 2.05) is 0 Å². The maximum atomic E-state index is 11.6. The van der Waals surface area contributed by atoms with Crippen molar-refractivity contribution in [3.63, 3.8) is 0 Å². The first-order valence-electron chi connectivity index (χ1n) is 6.16. The number of piperidine rings is 1. The molecule has 0 atom stereocenters. The standard InChI is InChI=1S/C11H24N2O2S/c1-4-13-7-5-11(6-8-13)9-12-16(14,15)10(2)3/h10-12H,4-9H2,1-3H3. The summed E-state index contributed by atoms with van der Waals surface area (Å²) in [4.78, 5) is 2.41. The summed E-state index contributed by atoms with van der Waals surface area (Å²) >= 11 is 0. The van der Waals surface area contributed by atoms with Crippen molar-refractivity contribution in [3.8, 4) is 0 Å². The Morgan fingerprint density at radius 1 is 1.31 bits per heavy atom. The Labute approximate surface area is 99.5 Å². The van der Waals surface area contributed by atoms with Crippen molar-refractivity contribution in [1.29, 1.82) is 0 Å². The van der Waals surface area contributed by atoms with Crippen molar-refractivity contribution in [2.75, 3.05) is 26.2 Å². The summed E-state index contributed by atoms with van der Waals surface area (Å²) in [5.41, 5.74) is 0. The monoisotopic (exact) mass is 248 g/mol. The molecule has 0 aromatic heterocycles. The molecular formula is C11H24N2O2S. The molecule has 0 unspecified atom stereocenters. The smallest absolute Gasteiger partial charge is 0.213 e. The van der Waals surface area contributed by atoms with Gasteiger partial charge < -0.3 is 4.90 Å². The minimum atomic E-state index is -3.08. The van der Waals surface area contributed by atoms with E-state index in [4.69, 9.17) is 0 Å². The van der Waals surface area contributed by atoms with E-state index >= 15 is 0 Å². The highest BCUT2D eigenvalue weighted by Crippen LogP contribution is 2.16. The number of hydrogen-bond donors (Lipinski definition) is 1. The van der Waals surface area contributed by atoms with Gasteiger partial charge in [-0.25, -0.2) is 13.1 Å². The number of nitrogens with one attached hydrogen (secondary N) is 1. The predicted molar refractivity (Wildman–Crippen MR) is 66.9 cm³/mol. The summed E-state index contributed by atoms with van der Waals surface area (Å²) in [5, 5.41) is -0.330. The Bertz CT molecular complexity index is 293. The van der Waals surface area contributed by atoms with Crippen LogP contribution in [0.5, 0.6) is 0 Å². The lowest BCUT2D eigenvalue weighted by Crippen LogP contribution is -2.40. The molecule has 0 amide bonds. The van der Waals surface area contributed by atoms with Gasteiger partial charge >= 0.3 is 0 Å². The molecule has 1 saturated heterocycles. The molecule has 0 bridgehead atoms. The molecule has 1 rings (SSSR count). The number of rotatable bonds is 5. The minimum absolute atomic E-state index is 0.330. The number of likely N-dealkylation sites (tertiary alicyclic amines) is 1. The summed E-state index contributed by atoms with van der Waals surface area (Å²) in [7, 11) is -3.08. The Morgan fingerprint density at radius 3 is 2.31 bits per heavy atom. The molecule has 16 heavy (non-hydrogen) atoms. The minimum Gasteiger partial charge on any atom is -0.304 e. The third kappa shape index (κ3) is 4.03. The molecule has 5 heteroatoms. The molecule has 0 aromatic carbocycles. The topological polar surface area (TPSA) is 49.4 Å². The van der Waals surface area contributed by atoms with E-state index in [9.17, 15) is 8.42 Å². The Hall–Kier alpha value is -0.130. The molecule has 0 spiro atoms. The van der Waals surface area contributed by atoms with Gasteiger partial charge in [0.2, 0.25) is 10.0 Å². The Morgan fingerprint density at radius 2 is 1.88 bits per heavy atom. The number of sulfonamides is 1. The van der Waals surface area contributed by atoms with Crippen LogP contribution < -0.4 is 4.72 Å². The van der Waals surface area contributed by atoms with Crippen LogP contribution in [0.4, 0.5) is 0 Å². The highest BCUT2D eigenvalue weighted by molar-refractivity contribution is 7.90. The molecule has 1 fully saturated rings. The molecule has 0 saturated carbocycles. The molecule has 4 nitrogen and oxygen atoms in total. The quantitative estimate of drug-likeness (QED) is 0.791. The lowest BCUT2D eigenvalue weighted by Gasteiger charge is -2.31. The summed E-state index contributed by atoms with van der Waals surface area (Å²) in [6.45, 7) is 9.50. The van der Waals surface area contributed by atoms with Crippen LogP contribution in [0.1, 0.15) is 33.6 Å². The molecule has 1 heterocycles. The summed E-state index contributed by atoms with van der Waals surface area (Å²) in [6.07, 6.45) is 2.21. The van der Waals surface area contributed by atoms with Gasteiger partial charge in [-0.3, -0.25) is 0 Å². The molecule has 0 aliphatic carbocycles. The van der Waals surface area contributed by atoms with Crippen LogP contribution in [-0.2, 0) is 10.0 Å². The summed E-state index contributed by atoms with van der Waals surface area (Å²) in [5.74, 6) is 0.510. The fraction of sp³-hybridized carbons (Fsp3) is 1.00. The van der Waals surface area contributed by atoms with Crippen molar-refractivity contribution < 1.29 is 8.42 Å². The van der Waals surface area contributed by atoms with Crippen LogP contribution in [0, 0.1) is 5.92 Å². The van der Waals surface area contributed by atoms with Crippen molar-refractivity contribution in [3.05, 3.63) is 0 Å². The average Bonchev–Trinajstić information content (AvgIpc) is 2.27. The van der Waals surface area contributed by atoms with E-state index in [0.29, 0.717) is 12.5 Å². The molecule has 1 aliphatic rings. The molecule has 1 N–H and O–H groups in total. The SMILES string of the molecule is CCN1CCC(CNS(=O)(=O)C(C)C)CC1. The molecule has 0 radical (unpaired) electrons. The second-order valence-corrected chi connectivity index (χ2v) is 7.14. The van der Waals surface area contributed by atoms with Crippen LogP contribution in [0.3, 0.4) is 0 Å². The van der Waals surface area contributed by atoms with Gasteiger partial charge in [0.25, 0.3) is 0 Å². The molecule has 0 aromatic rings. The number of hydrogen-bond acceptors (Lipinski definition) is 3. The van der Waals surface area contributed by atoms with Crippen molar-refractivity contribution in [2.24, 2.45) is 5.92 Å². The third-order valence-corrected chi connectivity index (χ3v) is 5.16. The van der Waals surface area contributed by atoms with Gasteiger partial charge in [-0.15, -0.1) is 0 Å². The average molecular weight is 248 g/mol. The normalized spacial score (nSPS) is 20.5. The van der Waals surface area contributed by atoms with E-state index < -0.39 is 10.0 Å². The zero-order valence-electron chi connectivity index (χ0n) is 10.6. The van der Waals surface area contributed by atoms with Crippen LogP contribution in [0.25, 0.3) is 0 Å². The van der Waals surface area contributed by atoms with E-state index in [-0.39, 0.29) is 5.25 Å². The van der Waals surface area contributed by atoms with Crippen molar-refractivity contribution in [2.45, 2.75) is 38.9 Å². The van der Waals surface area contributed by atoms with E-state index in [0.717, 1.165) is 32.5 Å². The van der Waals surface area contributed by atoms with Crippen LogP contribution >= 0.6 is 0 Å². The predicted octanol–water partition coefficient (Wildman–Crippen LogP) is 1.05. The van der Waals surface area contributed by atoms with Gasteiger partial charge in [-0.05, 0) is 52.2 Å². The second-order valence-electron chi connectivity index (χ2n) is 4.82. The maximum absolute atomic E-state index is 11.6. The van der Waals surface area contributed by atoms with E-state index in [1.165, 1.54) is 0 Å². The van der Waals surface area contributed by atoms with Gasteiger partial charge in [0.05, 0.1) is 5.25 Å². The third-order valence-electron chi connectivity index (χ3n) is 3.35. The largest absolute Gasteiger partial charge is 0.304 e. The Balaban J connectivity index is 2.30. The highest BCUT2D eigenvalue weighted by atomic mass is 32.2. The van der Waals surface area contributed by atoms with Gasteiger partial charge in [-0.1, -0.05) is 6.92 Å². The van der Waals surface area contributed by atoms with Gasteiger partial charge in [-0.2, -0.15) is 0 Å². The first kappa shape index (κ1) is 13.9. The molecular weight excluding hydrogens is 224 g/mol. The van der Waals surface area contributed by atoms with E-state index in [1.54, 1.807) is 13.8 Å². The molecule has 1 aliphatic heterocycles. The Kier molecular flexibility index (Phi) is 5.21. The zero-order chi connectivity index (χ0) is 12.2. The zero-order valence-corrected chi connectivity index (χ0v) is 11.4. The van der Waals surface area contributed by atoms with Crippen LogP contribution in [0.2, 0.25) is 0 Å². The van der Waals surface area contributed by atoms with Crippen LogP contribution in [0.15, 0.2) is 0 Å². The van der Waals surface area contributed by atoms with Crippen molar-refractivity contribution in [1.82, 2.24) is 9.62 Å². The summed E-state index contributed by atoms with van der Waals surface area (Å²) in [6, 6.07) is 0. The fourth-order valence-electron chi connectivity index (χ4n) is 1.91. The number of nitrogens with zero attached hydrogens (tertiary/aromatic N) is 1. The summed E-state index contributed by atoms with van der Waals surface area (Å²) < 4.78 is 25.9. The van der Waals surface area contributed by atoms with Gasteiger partial charge in [0.1, 0.15) is 0 Å². The van der Waals surface area contributed by atoms with Crippen LogP contribution in [-0.4, -0.2) is 44.7 Å². The van der Waals surface area contributed by atoms with E-state index in [2.05, 4.69) is 16.5 Å². The first-order chi connectivity index (χ1) is 7.45. The highest BCUT2D eigenvalue weighted by Gasteiger charge is 2.21. The lowest BCUT2D eigenvalue weighted by atomic mass is 9.97. The first-order valence-corrected chi connectivity index (χ1v) is 7.71. The fourth-order valence-corrected chi connectivity index (χ4v) is 2.71. The second kappa shape index (κ2) is 5.98. The molecule has 96 valence electrons. The van der Waals surface area contributed by atoms with Gasteiger partial charge in [0, 0.05) is 6.54 Å². The van der Waals surface area contributed by atoms with Crippen molar-refractivity contribution >= 4 is 10.0 Å². The lowest BCUT2D eigenvalue weighted by molar-refractivity contribution is 0.193. The van der Waals surface area contributed by atoms with Gasteiger partial charge in [0.15, 0.2) is 0 Å².